The highest BCUT2D eigenvalue weighted by atomic mass is 35.5. The van der Waals surface area contributed by atoms with Crippen molar-refractivity contribution < 1.29 is 14.3 Å². The molecule has 3 rings (SSSR count). The first kappa shape index (κ1) is 23.9. The molecule has 0 N–H and O–H groups in total. The SMILES string of the molecule is CCOC(=O)C(C)(C)Oc1ccc(SCc2nsc(-c3ccc(Cl)c(Cl)c3)n2)cc1C. The Morgan fingerprint density at radius 3 is 2.61 bits per heavy atom. The normalized spacial score (nSPS) is 11.4. The van der Waals surface area contributed by atoms with Gasteiger partial charge in [0.15, 0.2) is 11.4 Å². The molecule has 0 radical (unpaired) electrons. The Bertz CT molecular complexity index is 1090. The van der Waals surface area contributed by atoms with E-state index < -0.39 is 5.60 Å². The predicted octanol–water partition coefficient (Wildman–Crippen LogP) is 6.83. The highest BCUT2D eigenvalue weighted by molar-refractivity contribution is 7.98. The molecule has 1 heterocycles. The Labute approximate surface area is 200 Å². The highest BCUT2D eigenvalue weighted by Gasteiger charge is 2.32. The summed E-state index contributed by atoms with van der Waals surface area (Å²) in [6, 6.07) is 11.3. The second kappa shape index (κ2) is 10.2. The maximum Gasteiger partial charge on any atom is 0.349 e. The van der Waals surface area contributed by atoms with Gasteiger partial charge in [-0.2, -0.15) is 4.37 Å². The average Bonchev–Trinajstić information content (AvgIpc) is 3.19. The van der Waals surface area contributed by atoms with Crippen LogP contribution in [0.4, 0.5) is 0 Å². The van der Waals surface area contributed by atoms with Crippen LogP contribution < -0.4 is 4.74 Å². The van der Waals surface area contributed by atoms with Crippen LogP contribution in [0.25, 0.3) is 10.6 Å². The van der Waals surface area contributed by atoms with Gasteiger partial charge in [-0.3, -0.25) is 0 Å². The number of aromatic nitrogens is 2. The van der Waals surface area contributed by atoms with Crippen molar-refractivity contribution in [3.05, 3.63) is 57.8 Å². The van der Waals surface area contributed by atoms with Gasteiger partial charge in [-0.15, -0.1) is 11.8 Å². The van der Waals surface area contributed by atoms with Gasteiger partial charge in [-0.1, -0.05) is 29.3 Å². The number of aryl methyl sites for hydroxylation is 1. The van der Waals surface area contributed by atoms with E-state index in [1.54, 1.807) is 44.7 Å². The second-order valence-electron chi connectivity index (χ2n) is 7.19. The summed E-state index contributed by atoms with van der Waals surface area (Å²) in [5.74, 6) is 1.64. The van der Waals surface area contributed by atoms with Crippen molar-refractivity contribution >= 4 is 52.5 Å². The topological polar surface area (TPSA) is 61.3 Å². The standard InChI is InChI=1S/C22H22Cl2N2O3S2/c1-5-28-21(27)22(3,4)29-18-9-7-15(10-13(18)2)30-12-19-25-20(31-26-19)14-6-8-16(23)17(24)11-14/h6-11H,5,12H2,1-4H3. The maximum atomic E-state index is 12.1. The third kappa shape index (κ3) is 6.13. The molecule has 0 spiro atoms. The number of halogens is 2. The van der Waals surface area contributed by atoms with Crippen LogP contribution >= 0.6 is 46.5 Å². The number of hydrogen-bond donors (Lipinski definition) is 0. The number of carbonyl (C=O) groups is 1. The van der Waals surface area contributed by atoms with Gasteiger partial charge in [0.1, 0.15) is 10.8 Å². The molecule has 0 aliphatic rings. The molecule has 3 aromatic rings. The van der Waals surface area contributed by atoms with E-state index in [2.05, 4.69) is 9.36 Å². The minimum absolute atomic E-state index is 0.317. The summed E-state index contributed by atoms with van der Waals surface area (Å²) >= 11 is 15.0. The Morgan fingerprint density at radius 2 is 1.94 bits per heavy atom. The molecule has 164 valence electrons. The van der Waals surface area contributed by atoms with Crippen LogP contribution in [0.15, 0.2) is 41.3 Å². The molecule has 5 nitrogen and oxygen atoms in total. The zero-order valence-electron chi connectivity index (χ0n) is 17.6. The van der Waals surface area contributed by atoms with Crippen LogP contribution in [0.1, 0.15) is 32.2 Å². The molecule has 0 saturated carbocycles. The third-order valence-corrected chi connectivity index (χ3v) is 6.81. The Kier molecular flexibility index (Phi) is 7.86. The van der Waals surface area contributed by atoms with Gasteiger partial charge in [-0.25, -0.2) is 9.78 Å². The van der Waals surface area contributed by atoms with Gasteiger partial charge < -0.3 is 9.47 Å². The van der Waals surface area contributed by atoms with Gasteiger partial charge in [0.25, 0.3) is 0 Å². The number of carbonyl (C=O) groups excluding carboxylic acids is 1. The van der Waals surface area contributed by atoms with Crippen LogP contribution in [0, 0.1) is 6.92 Å². The molecule has 31 heavy (non-hydrogen) atoms. The highest BCUT2D eigenvalue weighted by Crippen LogP contribution is 2.32. The largest absolute Gasteiger partial charge is 0.476 e. The fraction of sp³-hybridized carbons (Fsp3) is 0.318. The molecule has 0 bridgehead atoms. The molecule has 0 aliphatic heterocycles. The van der Waals surface area contributed by atoms with Crippen LogP contribution in [-0.2, 0) is 15.3 Å². The van der Waals surface area contributed by atoms with Gasteiger partial charge >= 0.3 is 5.97 Å². The van der Waals surface area contributed by atoms with E-state index in [-0.39, 0.29) is 5.97 Å². The molecule has 0 fully saturated rings. The van der Waals surface area contributed by atoms with Crippen molar-refractivity contribution in [2.45, 2.75) is 43.9 Å². The molecule has 0 aliphatic carbocycles. The summed E-state index contributed by atoms with van der Waals surface area (Å²) in [6.45, 7) is 7.44. The molecule has 2 aromatic carbocycles. The van der Waals surface area contributed by atoms with Crippen molar-refractivity contribution in [1.82, 2.24) is 9.36 Å². The fourth-order valence-electron chi connectivity index (χ4n) is 2.65. The number of nitrogens with zero attached hydrogens (tertiary/aromatic N) is 2. The first-order chi connectivity index (χ1) is 14.7. The van der Waals surface area contributed by atoms with Crippen LogP contribution in [0.5, 0.6) is 5.75 Å². The van der Waals surface area contributed by atoms with Crippen molar-refractivity contribution in [1.29, 1.82) is 0 Å². The first-order valence-corrected chi connectivity index (χ1v) is 12.1. The third-order valence-electron chi connectivity index (χ3n) is 4.28. The Balaban J connectivity index is 1.64. The smallest absolute Gasteiger partial charge is 0.349 e. The van der Waals surface area contributed by atoms with Gasteiger partial charge in [0, 0.05) is 10.5 Å². The zero-order valence-corrected chi connectivity index (χ0v) is 20.7. The molecular formula is C22H22Cl2N2O3S2. The van der Waals surface area contributed by atoms with E-state index in [9.17, 15) is 4.79 Å². The minimum Gasteiger partial charge on any atom is -0.476 e. The predicted molar refractivity (Wildman–Crippen MR) is 127 cm³/mol. The first-order valence-electron chi connectivity index (χ1n) is 9.57. The minimum atomic E-state index is -1.05. The molecular weight excluding hydrogens is 475 g/mol. The summed E-state index contributed by atoms with van der Waals surface area (Å²) < 4.78 is 15.4. The summed E-state index contributed by atoms with van der Waals surface area (Å²) in [5, 5.41) is 1.81. The number of ether oxygens (including phenoxy) is 2. The summed E-state index contributed by atoms with van der Waals surface area (Å²) in [4.78, 5) is 17.7. The van der Waals surface area contributed by atoms with Gasteiger partial charge in [0.2, 0.25) is 0 Å². The summed E-state index contributed by atoms with van der Waals surface area (Å²) in [5.41, 5.74) is 0.774. The lowest BCUT2D eigenvalue weighted by Gasteiger charge is -2.25. The number of hydrogen-bond acceptors (Lipinski definition) is 7. The van der Waals surface area contributed by atoms with E-state index in [0.29, 0.717) is 28.2 Å². The monoisotopic (exact) mass is 496 g/mol. The molecule has 0 saturated heterocycles. The van der Waals surface area contributed by atoms with E-state index in [1.807, 2.05) is 31.2 Å². The second-order valence-corrected chi connectivity index (χ2v) is 9.81. The molecule has 9 heteroatoms. The van der Waals surface area contributed by atoms with Crippen molar-refractivity contribution in [2.24, 2.45) is 0 Å². The lowest BCUT2D eigenvalue weighted by Crippen LogP contribution is -2.39. The summed E-state index contributed by atoms with van der Waals surface area (Å²) in [6.07, 6.45) is 0. The summed E-state index contributed by atoms with van der Waals surface area (Å²) in [7, 11) is 0. The number of rotatable bonds is 8. The molecule has 0 amide bonds. The van der Waals surface area contributed by atoms with Crippen molar-refractivity contribution in [3.8, 4) is 16.3 Å². The average molecular weight is 497 g/mol. The van der Waals surface area contributed by atoms with Gasteiger partial charge in [0.05, 0.1) is 22.4 Å². The fourth-order valence-corrected chi connectivity index (χ4v) is 4.56. The van der Waals surface area contributed by atoms with Crippen molar-refractivity contribution in [2.75, 3.05) is 6.61 Å². The van der Waals surface area contributed by atoms with Gasteiger partial charge in [-0.05, 0) is 75.1 Å². The van der Waals surface area contributed by atoms with Crippen LogP contribution in [0.3, 0.4) is 0 Å². The molecule has 0 unspecified atom stereocenters. The molecule has 0 atom stereocenters. The Morgan fingerprint density at radius 1 is 1.16 bits per heavy atom. The number of esters is 1. The maximum absolute atomic E-state index is 12.1. The number of benzene rings is 2. The quantitative estimate of drug-likeness (QED) is 0.251. The van der Waals surface area contributed by atoms with Crippen LogP contribution in [0.2, 0.25) is 10.0 Å². The molecule has 1 aromatic heterocycles. The van der Waals surface area contributed by atoms with Crippen molar-refractivity contribution in [3.63, 3.8) is 0 Å². The van der Waals surface area contributed by atoms with E-state index in [4.69, 9.17) is 32.7 Å². The lowest BCUT2D eigenvalue weighted by molar-refractivity contribution is -0.158. The van der Waals surface area contributed by atoms with Crippen LogP contribution in [-0.4, -0.2) is 27.5 Å². The zero-order chi connectivity index (χ0) is 22.6. The number of thioether (sulfide) groups is 1. The van der Waals surface area contributed by atoms with E-state index in [0.717, 1.165) is 26.9 Å². The Hall–Kier alpha value is -1.80. The lowest BCUT2D eigenvalue weighted by atomic mass is 10.1. The van der Waals surface area contributed by atoms with E-state index in [1.165, 1.54) is 11.5 Å². The van der Waals surface area contributed by atoms with E-state index >= 15 is 0 Å².